The number of ketones is 1. The molecule has 0 saturated carbocycles. The lowest BCUT2D eigenvalue weighted by Gasteiger charge is -2.25. The van der Waals surface area contributed by atoms with Crippen molar-refractivity contribution in [3.8, 4) is 0 Å². The smallest absolute Gasteiger partial charge is 0.320 e. The van der Waals surface area contributed by atoms with Crippen LogP contribution in [0.25, 0.3) is 0 Å². The number of halogens is 1. The van der Waals surface area contributed by atoms with E-state index in [2.05, 4.69) is 20.9 Å². The summed E-state index contributed by atoms with van der Waals surface area (Å²) in [5.74, 6) is 0.332. The molecule has 0 fully saturated rings. The Hall–Kier alpha value is -1.43. The summed E-state index contributed by atoms with van der Waals surface area (Å²) in [4.78, 5) is 28.0. The number of hydrogen-bond donors (Lipinski definition) is 1. The van der Waals surface area contributed by atoms with Crippen LogP contribution in [-0.4, -0.2) is 23.3 Å². The van der Waals surface area contributed by atoms with Crippen LogP contribution < -0.4 is 10.6 Å². The van der Waals surface area contributed by atoms with Crippen LogP contribution in [0.3, 0.4) is 0 Å². The van der Waals surface area contributed by atoms with E-state index in [0.717, 1.165) is 0 Å². The van der Waals surface area contributed by atoms with Gasteiger partial charge < -0.3 is 5.73 Å². The standard InChI is InChI=1S/C9H8BrN3O2/c10-5-3-6-7(14)1-2-13(9(11)15)8(6)12-4-5/h3-4H,1-2H2,(H2,11,15). The van der Waals surface area contributed by atoms with E-state index in [4.69, 9.17) is 5.73 Å². The Kier molecular flexibility index (Phi) is 2.44. The summed E-state index contributed by atoms with van der Waals surface area (Å²) in [5, 5.41) is 0. The predicted molar refractivity (Wildman–Crippen MR) is 57.8 cm³/mol. The van der Waals surface area contributed by atoms with Gasteiger partial charge in [-0.25, -0.2) is 9.78 Å². The molecular formula is C9H8BrN3O2. The largest absolute Gasteiger partial charge is 0.351 e. The molecule has 1 aromatic heterocycles. The number of nitrogens with two attached hydrogens (primary N) is 1. The van der Waals surface area contributed by atoms with Gasteiger partial charge in [0.25, 0.3) is 0 Å². The first-order valence-corrected chi connectivity index (χ1v) is 5.14. The maximum absolute atomic E-state index is 11.6. The van der Waals surface area contributed by atoms with Gasteiger partial charge in [0.2, 0.25) is 0 Å². The normalized spacial score (nSPS) is 15.0. The molecule has 0 radical (unpaired) electrons. The maximum atomic E-state index is 11.6. The molecule has 2 N–H and O–H groups in total. The number of hydrogen-bond acceptors (Lipinski definition) is 3. The van der Waals surface area contributed by atoms with Crippen LogP contribution in [-0.2, 0) is 0 Å². The SMILES string of the molecule is NC(=O)N1CCC(=O)c2cc(Br)cnc21. The highest BCUT2D eigenvalue weighted by atomic mass is 79.9. The number of aromatic nitrogens is 1. The van der Waals surface area contributed by atoms with E-state index in [-0.39, 0.29) is 12.2 Å². The third kappa shape index (κ3) is 1.72. The first kappa shape index (κ1) is 10.1. The number of primary amides is 1. The van der Waals surface area contributed by atoms with Crippen molar-refractivity contribution in [1.29, 1.82) is 0 Å². The highest BCUT2D eigenvalue weighted by Gasteiger charge is 2.27. The maximum Gasteiger partial charge on any atom is 0.320 e. The molecule has 2 rings (SSSR count). The van der Waals surface area contributed by atoms with E-state index in [9.17, 15) is 9.59 Å². The van der Waals surface area contributed by atoms with Gasteiger partial charge in [0, 0.05) is 23.6 Å². The molecule has 0 aromatic carbocycles. The number of carbonyl (C=O) groups is 2. The topological polar surface area (TPSA) is 76.3 Å². The fraction of sp³-hybridized carbons (Fsp3) is 0.222. The minimum Gasteiger partial charge on any atom is -0.351 e. The minimum atomic E-state index is -0.585. The van der Waals surface area contributed by atoms with Gasteiger partial charge >= 0.3 is 6.03 Å². The molecular weight excluding hydrogens is 262 g/mol. The van der Waals surface area contributed by atoms with E-state index in [1.54, 1.807) is 6.07 Å². The van der Waals surface area contributed by atoms with Crippen LogP contribution in [0.4, 0.5) is 10.6 Å². The number of urea groups is 1. The van der Waals surface area contributed by atoms with Gasteiger partial charge in [-0.1, -0.05) is 0 Å². The van der Waals surface area contributed by atoms with Crippen LogP contribution in [0.2, 0.25) is 0 Å². The van der Waals surface area contributed by atoms with Gasteiger partial charge in [-0.2, -0.15) is 0 Å². The van der Waals surface area contributed by atoms with E-state index in [1.807, 2.05) is 0 Å². The zero-order valence-electron chi connectivity index (χ0n) is 7.74. The summed E-state index contributed by atoms with van der Waals surface area (Å²) in [7, 11) is 0. The average Bonchev–Trinajstić information content (AvgIpc) is 2.19. The molecule has 6 heteroatoms. The molecule has 0 spiro atoms. The van der Waals surface area contributed by atoms with Gasteiger partial charge in [0.1, 0.15) is 5.82 Å². The lowest BCUT2D eigenvalue weighted by Crippen LogP contribution is -2.41. The summed E-state index contributed by atoms with van der Waals surface area (Å²) in [5.41, 5.74) is 5.63. The van der Waals surface area contributed by atoms with Gasteiger partial charge in [0.05, 0.1) is 5.56 Å². The summed E-state index contributed by atoms with van der Waals surface area (Å²) in [6, 6.07) is 1.07. The Morgan fingerprint density at radius 2 is 2.33 bits per heavy atom. The van der Waals surface area contributed by atoms with Gasteiger partial charge in [-0.15, -0.1) is 0 Å². The number of carbonyl (C=O) groups excluding carboxylic acids is 2. The molecule has 0 unspecified atom stereocenters. The van der Waals surface area contributed by atoms with Crippen LogP contribution in [0.1, 0.15) is 16.8 Å². The van der Waals surface area contributed by atoms with Crippen molar-refractivity contribution in [2.45, 2.75) is 6.42 Å². The van der Waals surface area contributed by atoms with Crippen molar-refractivity contribution in [2.75, 3.05) is 11.4 Å². The summed E-state index contributed by atoms with van der Waals surface area (Å²) >= 11 is 3.23. The molecule has 1 aliphatic rings. The Bertz CT molecular complexity index is 447. The second-order valence-corrected chi connectivity index (χ2v) is 4.10. The first-order valence-electron chi connectivity index (χ1n) is 4.35. The Morgan fingerprint density at radius 1 is 1.60 bits per heavy atom. The summed E-state index contributed by atoms with van der Waals surface area (Å²) in [6.07, 6.45) is 1.82. The van der Waals surface area contributed by atoms with Crippen molar-refractivity contribution in [1.82, 2.24) is 4.98 Å². The number of nitrogens with zero attached hydrogens (tertiary/aromatic N) is 2. The zero-order valence-corrected chi connectivity index (χ0v) is 9.32. The average molecular weight is 270 g/mol. The van der Waals surface area contributed by atoms with Gasteiger partial charge in [0.15, 0.2) is 5.78 Å². The van der Waals surface area contributed by atoms with E-state index < -0.39 is 6.03 Å². The first-order chi connectivity index (χ1) is 7.09. The molecule has 2 heterocycles. The molecule has 1 aliphatic heterocycles. The van der Waals surface area contributed by atoms with Gasteiger partial charge in [-0.3, -0.25) is 9.69 Å². The van der Waals surface area contributed by atoms with E-state index >= 15 is 0 Å². The number of pyridine rings is 1. The quantitative estimate of drug-likeness (QED) is 0.772. The summed E-state index contributed by atoms with van der Waals surface area (Å²) in [6.45, 7) is 0.301. The van der Waals surface area contributed by atoms with Gasteiger partial charge in [-0.05, 0) is 22.0 Å². The molecule has 15 heavy (non-hydrogen) atoms. The van der Waals surface area contributed by atoms with Crippen molar-refractivity contribution >= 4 is 33.6 Å². The van der Waals surface area contributed by atoms with Crippen LogP contribution in [0, 0.1) is 0 Å². The van der Waals surface area contributed by atoms with Crippen LogP contribution in [0.5, 0.6) is 0 Å². The molecule has 78 valence electrons. The molecule has 0 bridgehead atoms. The highest BCUT2D eigenvalue weighted by Crippen LogP contribution is 2.26. The van der Waals surface area contributed by atoms with Crippen LogP contribution in [0.15, 0.2) is 16.7 Å². The molecule has 0 aliphatic carbocycles. The number of fused-ring (bicyclic) bond motifs is 1. The number of Topliss-reactive ketones (excluding diaryl/α,β-unsaturated/α-hetero) is 1. The Morgan fingerprint density at radius 3 is 3.00 bits per heavy atom. The van der Waals surface area contributed by atoms with Crippen molar-refractivity contribution in [3.63, 3.8) is 0 Å². The third-order valence-electron chi connectivity index (χ3n) is 2.22. The lowest BCUT2D eigenvalue weighted by atomic mass is 10.0. The minimum absolute atomic E-state index is 0.0173. The monoisotopic (exact) mass is 269 g/mol. The fourth-order valence-electron chi connectivity index (χ4n) is 1.52. The Labute approximate surface area is 94.4 Å². The zero-order chi connectivity index (χ0) is 11.0. The number of amides is 2. The van der Waals surface area contributed by atoms with E-state index in [1.165, 1.54) is 11.1 Å². The predicted octanol–water partition coefficient (Wildman–Crippen LogP) is 1.32. The lowest BCUT2D eigenvalue weighted by molar-refractivity contribution is 0.0980. The number of anilines is 1. The molecule has 0 saturated heterocycles. The van der Waals surface area contributed by atoms with Crippen molar-refractivity contribution < 1.29 is 9.59 Å². The molecule has 2 amide bonds. The van der Waals surface area contributed by atoms with Crippen molar-refractivity contribution in [3.05, 3.63) is 22.3 Å². The third-order valence-corrected chi connectivity index (χ3v) is 2.65. The highest BCUT2D eigenvalue weighted by molar-refractivity contribution is 9.10. The number of rotatable bonds is 0. The Balaban J connectivity index is 2.55. The fourth-order valence-corrected chi connectivity index (χ4v) is 1.85. The summed E-state index contributed by atoms with van der Waals surface area (Å²) < 4.78 is 0.709. The van der Waals surface area contributed by atoms with E-state index in [0.29, 0.717) is 22.4 Å². The molecule has 1 aromatic rings. The second kappa shape index (κ2) is 3.62. The second-order valence-electron chi connectivity index (χ2n) is 3.19. The van der Waals surface area contributed by atoms with Crippen LogP contribution >= 0.6 is 15.9 Å². The van der Waals surface area contributed by atoms with Crippen molar-refractivity contribution in [2.24, 2.45) is 5.73 Å². The molecule has 5 nitrogen and oxygen atoms in total. The molecule has 0 atom stereocenters.